The Balaban J connectivity index is 2.24. The van der Waals surface area contributed by atoms with Gasteiger partial charge in [0.1, 0.15) is 5.82 Å². The third-order valence-corrected chi connectivity index (χ3v) is 3.37. The van der Waals surface area contributed by atoms with Gasteiger partial charge in [-0.1, -0.05) is 13.8 Å². The Bertz CT molecular complexity index is 502. The maximum Gasteiger partial charge on any atom is 0.257 e. The molecule has 1 heterocycles. The lowest BCUT2D eigenvalue weighted by Gasteiger charge is -2.21. The van der Waals surface area contributed by atoms with Crippen LogP contribution in [0, 0.1) is 11.7 Å². The normalized spacial score (nSPS) is 17.6. The Kier molecular flexibility index (Phi) is 3.75. The summed E-state index contributed by atoms with van der Waals surface area (Å²) in [4.78, 5) is 13.2. The van der Waals surface area contributed by atoms with Gasteiger partial charge in [0.2, 0.25) is 0 Å². The lowest BCUT2D eigenvalue weighted by Crippen LogP contribution is -2.21. The molecule has 1 aliphatic rings. The number of nitrogens with zero attached hydrogens (tertiary/aromatic N) is 1. The van der Waals surface area contributed by atoms with Crippen molar-refractivity contribution in [3.05, 3.63) is 23.5 Å². The molecule has 5 heteroatoms. The summed E-state index contributed by atoms with van der Waals surface area (Å²) in [5.41, 5.74) is 1.24. The second-order valence-corrected chi connectivity index (χ2v) is 5.39. The van der Waals surface area contributed by atoms with Gasteiger partial charge in [-0.25, -0.2) is 4.39 Å². The summed E-state index contributed by atoms with van der Waals surface area (Å²) in [7, 11) is 1.82. The molecule has 19 heavy (non-hydrogen) atoms. The van der Waals surface area contributed by atoms with Crippen LogP contribution in [0.5, 0.6) is 0 Å². The van der Waals surface area contributed by atoms with Gasteiger partial charge in [0.05, 0.1) is 5.69 Å². The van der Waals surface area contributed by atoms with E-state index in [0.29, 0.717) is 22.9 Å². The first-order valence-electron chi connectivity index (χ1n) is 6.43. The zero-order chi connectivity index (χ0) is 14.2. The number of halogens is 1. The molecular weight excluding hydrogens is 247 g/mol. The van der Waals surface area contributed by atoms with Gasteiger partial charge in [-0.15, -0.1) is 0 Å². The minimum absolute atomic E-state index is 0.309. The predicted molar refractivity (Wildman–Crippen MR) is 72.7 cm³/mol. The molecule has 0 fully saturated rings. The van der Waals surface area contributed by atoms with Gasteiger partial charge in [0.25, 0.3) is 5.91 Å². The van der Waals surface area contributed by atoms with Crippen molar-refractivity contribution in [1.82, 2.24) is 0 Å². The Hall–Kier alpha value is -1.62. The van der Waals surface area contributed by atoms with Gasteiger partial charge in [-0.2, -0.15) is 0 Å². The van der Waals surface area contributed by atoms with Gasteiger partial charge in [-0.05, 0) is 24.5 Å². The summed E-state index contributed by atoms with van der Waals surface area (Å²) in [6.45, 7) is 4.97. The molecule has 1 amide bonds. The minimum Gasteiger partial charge on any atom is -0.378 e. The van der Waals surface area contributed by atoms with Crippen LogP contribution in [0.25, 0.3) is 0 Å². The highest BCUT2D eigenvalue weighted by atomic mass is 19.1. The number of rotatable bonds is 4. The number of anilines is 2. The fourth-order valence-corrected chi connectivity index (χ4v) is 2.12. The molecule has 0 saturated heterocycles. The van der Waals surface area contributed by atoms with Crippen LogP contribution in [0.1, 0.15) is 31.9 Å². The Morgan fingerprint density at radius 1 is 1.47 bits per heavy atom. The number of fused-ring (bicyclic) bond motifs is 1. The van der Waals surface area contributed by atoms with E-state index in [2.05, 4.69) is 19.2 Å². The highest BCUT2D eigenvalue weighted by molar-refractivity contribution is 6.02. The number of carbonyl (C=O) groups is 1. The van der Waals surface area contributed by atoms with E-state index in [1.165, 1.54) is 6.07 Å². The highest BCUT2D eigenvalue weighted by Crippen LogP contribution is 2.35. The number of aliphatic hydroxyl groups is 1. The van der Waals surface area contributed by atoms with Crippen molar-refractivity contribution < 1.29 is 14.3 Å². The fraction of sp³-hybridized carbons (Fsp3) is 0.500. The average molecular weight is 266 g/mol. The van der Waals surface area contributed by atoms with Crippen molar-refractivity contribution >= 4 is 17.3 Å². The van der Waals surface area contributed by atoms with E-state index in [1.807, 2.05) is 11.9 Å². The topological polar surface area (TPSA) is 52.6 Å². The van der Waals surface area contributed by atoms with Crippen LogP contribution in [0.4, 0.5) is 15.8 Å². The Labute approximate surface area is 112 Å². The maximum absolute atomic E-state index is 14.0. The van der Waals surface area contributed by atoms with Crippen molar-refractivity contribution in [2.24, 2.45) is 5.92 Å². The number of amides is 1. The third kappa shape index (κ3) is 2.71. The smallest absolute Gasteiger partial charge is 0.257 e. The average Bonchev–Trinajstić information content (AvgIpc) is 2.61. The van der Waals surface area contributed by atoms with E-state index in [0.717, 1.165) is 13.0 Å². The first-order chi connectivity index (χ1) is 8.90. The largest absolute Gasteiger partial charge is 0.378 e. The SMILES string of the molecule is CC(C)CCN(C)c1cc2c(cc1F)C(O)C(=O)N2. The fourth-order valence-electron chi connectivity index (χ4n) is 2.12. The predicted octanol–water partition coefficient (Wildman–Crippen LogP) is 2.29. The Morgan fingerprint density at radius 2 is 2.16 bits per heavy atom. The summed E-state index contributed by atoms with van der Waals surface area (Å²) in [5.74, 6) is -0.376. The first-order valence-corrected chi connectivity index (χ1v) is 6.43. The number of carbonyl (C=O) groups excluding carboxylic acids is 1. The molecule has 104 valence electrons. The van der Waals surface area contributed by atoms with E-state index in [1.54, 1.807) is 6.07 Å². The molecule has 4 nitrogen and oxygen atoms in total. The van der Waals surface area contributed by atoms with Crippen molar-refractivity contribution in [2.75, 3.05) is 23.8 Å². The van der Waals surface area contributed by atoms with Crippen LogP contribution in [-0.4, -0.2) is 24.6 Å². The van der Waals surface area contributed by atoms with Crippen molar-refractivity contribution in [3.8, 4) is 0 Å². The highest BCUT2D eigenvalue weighted by Gasteiger charge is 2.30. The molecule has 0 bridgehead atoms. The third-order valence-electron chi connectivity index (χ3n) is 3.37. The van der Waals surface area contributed by atoms with Crippen molar-refractivity contribution in [1.29, 1.82) is 0 Å². The van der Waals surface area contributed by atoms with Crippen molar-refractivity contribution in [3.63, 3.8) is 0 Å². The zero-order valence-electron chi connectivity index (χ0n) is 11.4. The molecule has 2 rings (SSSR count). The molecule has 1 aliphatic heterocycles. The molecule has 0 aliphatic carbocycles. The quantitative estimate of drug-likeness (QED) is 0.879. The summed E-state index contributed by atoms with van der Waals surface area (Å²) in [6.07, 6.45) is -0.304. The summed E-state index contributed by atoms with van der Waals surface area (Å²) >= 11 is 0. The summed E-state index contributed by atoms with van der Waals surface area (Å²) in [5, 5.41) is 12.1. The molecule has 0 spiro atoms. The molecule has 1 unspecified atom stereocenters. The van der Waals surface area contributed by atoms with Crippen LogP contribution in [0.2, 0.25) is 0 Å². The van der Waals surface area contributed by atoms with Gasteiger partial charge in [-0.3, -0.25) is 4.79 Å². The van der Waals surface area contributed by atoms with Gasteiger partial charge in [0, 0.05) is 24.8 Å². The molecule has 1 aromatic rings. The van der Waals surface area contributed by atoms with Gasteiger partial charge in [0.15, 0.2) is 6.10 Å². The number of nitrogens with one attached hydrogen (secondary N) is 1. The number of aliphatic hydroxyl groups excluding tert-OH is 1. The van der Waals surface area contributed by atoms with Crippen LogP contribution >= 0.6 is 0 Å². The van der Waals surface area contributed by atoms with Crippen LogP contribution in [0.15, 0.2) is 12.1 Å². The molecule has 2 N–H and O–H groups in total. The summed E-state index contributed by atoms with van der Waals surface area (Å²) < 4.78 is 14.0. The van der Waals surface area contributed by atoms with Crippen molar-refractivity contribution in [2.45, 2.75) is 26.4 Å². The molecule has 0 saturated carbocycles. The van der Waals surface area contributed by atoms with E-state index < -0.39 is 17.8 Å². The number of benzene rings is 1. The van der Waals surface area contributed by atoms with E-state index >= 15 is 0 Å². The Morgan fingerprint density at radius 3 is 2.79 bits per heavy atom. The van der Waals surface area contributed by atoms with E-state index in [4.69, 9.17) is 0 Å². The second kappa shape index (κ2) is 5.17. The standard InChI is InChI=1S/C14H19FN2O2/c1-8(2)4-5-17(3)12-7-11-9(6-10(12)15)13(18)14(19)16-11/h6-8,13,18H,4-5H2,1-3H3,(H,16,19). The molecule has 1 aromatic carbocycles. The van der Waals surface area contributed by atoms with Crippen LogP contribution < -0.4 is 10.2 Å². The first kappa shape index (κ1) is 13.8. The summed E-state index contributed by atoms with van der Waals surface area (Å²) in [6, 6.07) is 2.82. The minimum atomic E-state index is -1.26. The van der Waals surface area contributed by atoms with Gasteiger partial charge >= 0.3 is 0 Å². The molecule has 0 radical (unpaired) electrons. The lowest BCUT2D eigenvalue weighted by molar-refractivity contribution is -0.123. The molecule has 1 atom stereocenters. The maximum atomic E-state index is 14.0. The lowest BCUT2D eigenvalue weighted by atomic mass is 10.1. The number of hydrogen-bond acceptors (Lipinski definition) is 3. The second-order valence-electron chi connectivity index (χ2n) is 5.39. The van der Waals surface area contributed by atoms with Gasteiger partial charge < -0.3 is 15.3 Å². The zero-order valence-corrected chi connectivity index (χ0v) is 11.4. The van der Waals surface area contributed by atoms with E-state index in [9.17, 15) is 14.3 Å². The van der Waals surface area contributed by atoms with E-state index in [-0.39, 0.29) is 0 Å². The monoisotopic (exact) mass is 266 g/mol. The number of hydrogen-bond donors (Lipinski definition) is 2. The van der Waals surface area contributed by atoms with Crippen LogP contribution in [0.3, 0.4) is 0 Å². The molecule has 0 aromatic heterocycles. The van der Waals surface area contributed by atoms with Crippen LogP contribution in [-0.2, 0) is 4.79 Å². The molecular formula is C14H19FN2O2.